The minimum absolute atomic E-state index is 0.0627. The zero-order chi connectivity index (χ0) is 15.0. The van der Waals surface area contributed by atoms with E-state index in [1.165, 1.54) is 0 Å². The fourth-order valence-electron chi connectivity index (χ4n) is 2.64. The van der Waals surface area contributed by atoms with Gasteiger partial charge >= 0.3 is 12.0 Å². The topological polar surface area (TPSA) is 72.9 Å². The van der Waals surface area contributed by atoms with Gasteiger partial charge in [0.05, 0.1) is 0 Å². The maximum absolute atomic E-state index is 12.0. The third kappa shape index (κ3) is 5.77. The summed E-state index contributed by atoms with van der Waals surface area (Å²) in [5.74, 6) is -0.687. The molecule has 0 aliphatic carbocycles. The molecule has 2 N–H and O–H groups in total. The van der Waals surface area contributed by atoms with Gasteiger partial charge in [-0.2, -0.15) is 0 Å². The van der Waals surface area contributed by atoms with Gasteiger partial charge in [-0.25, -0.2) is 4.79 Å². The van der Waals surface area contributed by atoms with Gasteiger partial charge in [0.1, 0.15) is 0 Å². The lowest BCUT2D eigenvalue weighted by Gasteiger charge is -2.32. The van der Waals surface area contributed by atoms with Crippen LogP contribution in [0.25, 0.3) is 0 Å². The lowest BCUT2D eigenvalue weighted by atomic mass is 9.95. The number of likely N-dealkylation sites (tertiary alicyclic amines) is 1. The predicted octanol–water partition coefficient (Wildman–Crippen LogP) is 1.22. The van der Waals surface area contributed by atoms with Crippen LogP contribution >= 0.6 is 0 Å². The summed E-state index contributed by atoms with van der Waals surface area (Å²) in [6.07, 6.45) is 1.94. The summed E-state index contributed by atoms with van der Waals surface area (Å²) in [6, 6.07) is -0.0627. The van der Waals surface area contributed by atoms with Crippen molar-refractivity contribution < 1.29 is 14.7 Å². The van der Waals surface area contributed by atoms with E-state index in [9.17, 15) is 9.59 Å². The number of carboxylic acid groups (broad SMARTS) is 1. The van der Waals surface area contributed by atoms with Gasteiger partial charge in [-0.05, 0) is 31.8 Å². The molecule has 6 nitrogen and oxygen atoms in total. The smallest absolute Gasteiger partial charge is 0.317 e. The summed E-state index contributed by atoms with van der Waals surface area (Å²) in [5.41, 5.74) is 0. The number of piperidine rings is 1. The van der Waals surface area contributed by atoms with E-state index >= 15 is 0 Å². The Hall–Kier alpha value is -1.30. The minimum atomic E-state index is -0.779. The zero-order valence-electron chi connectivity index (χ0n) is 12.6. The molecular weight excluding hydrogens is 258 g/mol. The molecule has 0 aromatic carbocycles. The Bertz CT molecular complexity index is 319. The second kappa shape index (κ2) is 8.79. The van der Waals surface area contributed by atoms with Crippen LogP contribution in [0.1, 0.15) is 33.1 Å². The zero-order valence-corrected chi connectivity index (χ0v) is 12.6. The normalized spacial score (nSPS) is 19.1. The first-order valence-electron chi connectivity index (χ1n) is 7.53. The third-order valence-corrected chi connectivity index (χ3v) is 3.87. The first-order valence-corrected chi connectivity index (χ1v) is 7.53. The molecule has 0 aromatic rings. The number of amides is 2. The van der Waals surface area contributed by atoms with Gasteiger partial charge in [-0.1, -0.05) is 13.8 Å². The molecule has 1 heterocycles. The molecule has 1 atom stereocenters. The van der Waals surface area contributed by atoms with Crippen LogP contribution in [0.2, 0.25) is 0 Å². The fraction of sp³-hybridized carbons (Fsp3) is 0.857. The Labute approximate surface area is 121 Å². The molecule has 2 amide bonds. The fourth-order valence-corrected chi connectivity index (χ4v) is 2.64. The van der Waals surface area contributed by atoms with Crippen molar-refractivity contribution in [3.8, 4) is 0 Å². The second-order valence-corrected chi connectivity index (χ2v) is 5.31. The number of nitrogens with one attached hydrogen (secondary N) is 1. The Balaban J connectivity index is 2.30. The number of carbonyl (C=O) groups excluding carboxylic acids is 1. The lowest BCUT2D eigenvalue weighted by Crippen LogP contribution is -2.47. The lowest BCUT2D eigenvalue weighted by molar-refractivity contribution is -0.138. The predicted molar refractivity (Wildman–Crippen MR) is 77.7 cm³/mol. The Morgan fingerprint density at radius 1 is 1.35 bits per heavy atom. The van der Waals surface area contributed by atoms with E-state index in [-0.39, 0.29) is 18.4 Å². The molecule has 0 spiro atoms. The van der Waals surface area contributed by atoms with Crippen LogP contribution in [0.5, 0.6) is 0 Å². The SMILES string of the molecule is CCN(CC)CCNC(=O)N1CCCC(CC(=O)O)C1. The number of hydrogen-bond donors (Lipinski definition) is 2. The van der Waals surface area contributed by atoms with Crippen LogP contribution in [-0.2, 0) is 4.79 Å². The molecular formula is C14H27N3O3. The number of aliphatic carboxylic acids is 1. The molecule has 0 aromatic heterocycles. The van der Waals surface area contributed by atoms with Gasteiger partial charge in [0.25, 0.3) is 0 Å². The molecule has 1 fully saturated rings. The molecule has 1 unspecified atom stereocenters. The van der Waals surface area contributed by atoms with Crippen LogP contribution in [0, 0.1) is 5.92 Å². The van der Waals surface area contributed by atoms with E-state index < -0.39 is 5.97 Å². The molecule has 20 heavy (non-hydrogen) atoms. The van der Waals surface area contributed by atoms with Crippen molar-refractivity contribution in [3.63, 3.8) is 0 Å². The summed E-state index contributed by atoms with van der Waals surface area (Å²) in [6.45, 7) is 8.95. The van der Waals surface area contributed by atoms with Crippen molar-refractivity contribution in [2.75, 3.05) is 39.3 Å². The summed E-state index contributed by atoms with van der Waals surface area (Å²) < 4.78 is 0. The van der Waals surface area contributed by atoms with Crippen molar-refractivity contribution in [2.24, 2.45) is 5.92 Å². The average molecular weight is 285 g/mol. The number of urea groups is 1. The van der Waals surface area contributed by atoms with Crippen molar-refractivity contribution >= 4 is 12.0 Å². The van der Waals surface area contributed by atoms with E-state index in [1.807, 2.05) is 0 Å². The van der Waals surface area contributed by atoms with Gasteiger partial charge in [0, 0.05) is 32.6 Å². The Kier molecular flexibility index (Phi) is 7.36. The maximum atomic E-state index is 12.0. The van der Waals surface area contributed by atoms with Crippen LogP contribution in [0.4, 0.5) is 4.79 Å². The number of carbonyl (C=O) groups is 2. The Morgan fingerprint density at radius 3 is 2.65 bits per heavy atom. The summed E-state index contributed by atoms with van der Waals surface area (Å²) in [5, 5.41) is 11.7. The second-order valence-electron chi connectivity index (χ2n) is 5.31. The van der Waals surface area contributed by atoms with E-state index in [0.717, 1.165) is 39.0 Å². The van der Waals surface area contributed by atoms with Crippen molar-refractivity contribution in [1.82, 2.24) is 15.1 Å². The number of carboxylic acids is 1. The van der Waals surface area contributed by atoms with E-state index in [4.69, 9.17) is 5.11 Å². The molecule has 1 aliphatic rings. The molecule has 0 saturated carbocycles. The minimum Gasteiger partial charge on any atom is -0.481 e. The van der Waals surface area contributed by atoms with E-state index in [1.54, 1.807) is 4.90 Å². The molecule has 1 saturated heterocycles. The average Bonchev–Trinajstić information content (AvgIpc) is 2.43. The van der Waals surface area contributed by atoms with Crippen LogP contribution in [0.3, 0.4) is 0 Å². The van der Waals surface area contributed by atoms with Crippen molar-refractivity contribution in [1.29, 1.82) is 0 Å². The first kappa shape index (κ1) is 16.8. The van der Waals surface area contributed by atoms with Crippen LogP contribution in [0.15, 0.2) is 0 Å². The molecule has 116 valence electrons. The van der Waals surface area contributed by atoms with Gasteiger partial charge in [0.15, 0.2) is 0 Å². The molecule has 1 aliphatic heterocycles. The van der Waals surface area contributed by atoms with Crippen molar-refractivity contribution in [2.45, 2.75) is 33.1 Å². The van der Waals surface area contributed by atoms with Crippen LogP contribution in [-0.4, -0.2) is 66.2 Å². The first-order chi connectivity index (χ1) is 9.56. The molecule has 0 bridgehead atoms. The van der Waals surface area contributed by atoms with Crippen LogP contribution < -0.4 is 5.32 Å². The molecule has 1 rings (SSSR count). The highest BCUT2D eigenvalue weighted by Crippen LogP contribution is 2.19. The number of likely N-dealkylation sites (N-methyl/N-ethyl adjacent to an activating group) is 1. The van der Waals surface area contributed by atoms with Gasteiger partial charge in [0.2, 0.25) is 0 Å². The van der Waals surface area contributed by atoms with Gasteiger partial charge in [-0.15, -0.1) is 0 Å². The van der Waals surface area contributed by atoms with E-state index in [0.29, 0.717) is 13.1 Å². The highest BCUT2D eigenvalue weighted by Gasteiger charge is 2.24. The van der Waals surface area contributed by atoms with E-state index in [2.05, 4.69) is 24.1 Å². The summed E-state index contributed by atoms with van der Waals surface area (Å²) in [4.78, 5) is 26.8. The number of hydrogen-bond acceptors (Lipinski definition) is 3. The highest BCUT2D eigenvalue weighted by atomic mass is 16.4. The molecule has 0 radical (unpaired) electrons. The number of nitrogens with zero attached hydrogens (tertiary/aromatic N) is 2. The number of rotatable bonds is 7. The highest BCUT2D eigenvalue weighted by molar-refractivity contribution is 5.74. The van der Waals surface area contributed by atoms with Gasteiger partial charge < -0.3 is 20.2 Å². The van der Waals surface area contributed by atoms with Crippen molar-refractivity contribution in [3.05, 3.63) is 0 Å². The third-order valence-electron chi connectivity index (χ3n) is 3.87. The monoisotopic (exact) mass is 285 g/mol. The summed E-state index contributed by atoms with van der Waals surface area (Å²) >= 11 is 0. The summed E-state index contributed by atoms with van der Waals surface area (Å²) in [7, 11) is 0. The maximum Gasteiger partial charge on any atom is 0.317 e. The molecule has 6 heteroatoms. The Morgan fingerprint density at radius 2 is 2.05 bits per heavy atom. The van der Waals surface area contributed by atoms with Gasteiger partial charge in [-0.3, -0.25) is 4.79 Å². The standard InChI is InChI=1S/C14H27N3O3/c1-3-16(4-2)9-7-15-14(20)17-8-5-6-12(11-17)10-13(18)19/h12H,3-11H2,1-2H3,(H,15,20)(H,18,19). The largest absolute Gasteiger partial charge is 0.481 e. The quantitative estimate of drug-likeness (QED) is 0.738.